The summed E-state index contributed by atoms with van der Waals surface area (Å²) in [6.07, 6.45) is 1.05. The summed E-state index contributed by atoms with van der Waals surface area (Å²) in [4.78, 5) is 16.3. The molecule has 1 N–H and O–H groups in total. The minimum Gasteiger partial charge on any atom is -0.340 e. The Balaban J connectivity index is 1.82. The third kappa shape index (κ3) is 4.62. The normalized spacial score (nSPS) is 16.2. The number of carbonyl (C=O) groups excluding carboxylic acids is 1. The van der Waals surface area contributed by atoms with Gasteiger partial charge in [0.25, 0.3) is 0 Å². The monoisotopic (exact) mass is 275 g/mol. The molecule has 1 aromatic rings. The molecule has 1 amide bonds. The molecule has 1 fully saturated rings. The summed E-state index contributed by atoms with van der Waals surface area (Å²) < 4.78 is 0. The Morgan fingerprint density at radius 1 is 1.25 bits per heavy atom. The lowest BCUT2D eigenvalue weighted by molar-refractivity contribution is -0.132. The van der Waals surface area contributed by atoms with Gasteiger partial charge < -0.3 is 10.2 Å². The lowest BCUT2D eigenvalue weighted by atomic mass is 10.1. The zero-order chi connectivity index (χ0) is 14.4. The van der Waals surface area contributed by atoms with Crippen molar-refractivity contribution in [2.24, 2.45) is 0 Å². The van der Waals surface area contributed by atoms with Crippen LogP contribution in [0.5, 0.6) is 0 Å². The first kappa shape index (κ1) is 15.0. The highest BCUT2D eigenvalue weighted by atomic mass is 16.2. The molecular weight excluding hydrogens is 250 g/mol. The van der Waals surface area contributed by atoms with Crippen LogP contribution in [0, 0.1) is 6.92 Å². The Hall–Kier alpha value is -1.39. The molecule has 2 rings (SSSR count). The zero-order valence-corrected chi connectivity index (χ0v) is 12.6. The van der Waals surface area contributed by atoms with Crippen LogP contribution in [0.25, 0.3) is 0 Å². The molecule has 1 aromatic carbocycles. The van der Waals surface area contributed by atoms with Crippen molar-refractivity contribution in [2.75, 3.05) is 39.8 Å². The molecule has 0 saturated carbocycles. The van der Waals surface area contributed by atoms with Crippen LogP contribution in [0.3, 0.4) is 0 Å². The van der Waals surface area contributed by atoms with Crippen LogP contribution in [-0.4, -0.2) is 55.5 Å². The van der Waals surface area contributed by atoms with Crippen LogP contribution in [0.1, 0.15) is 17.5 Å². The van der Waals surface area contributed by atoms with E-state index in [1.807, 2.05) is 11.9 Å². The van der Waals surface area contributed by atoms with Crippen LogP contribution >= 0.6 is 0 Å². The van der Waals surface area contributed by atoms with Crippen molar-refractivity contribution in [3.63, 3.8) is 0 Å². The van der Waals surface area contributed by atoms with E-state index in [9.17, 15) is 4.79 Å². The number of likely N-dealkylation sites (N-methyl/N-ethyl adjacent to an activating group) is 1. The van der Waals surface area contributed by atoms with E-state index in [-0.39, 0.29) is 5.91 Å². The molecule has 0 radical (unpaired) electrons. The van der Waals surface area contributed by atoms with E-state index >= 15 is 0 Å². The number of nitrogens with zero attached hydrogens (tertiary/aromatic N) is 2. The molecule has 0 spiro atoms. The molecule has 0 aliphatic carbocycles. The molecule has 1 saturated heterocycles. The number of hydrogen-bond donors (Lipinski definition) is 1. The quantitative estimate of drug-likeness (QED) is 0.898. The Bertz CT molecular complexity index is 422. The van der Waals surface area contributed by atoms with Gasteiger partial charge in [-0.1, -0.05) is 29.8 Å². The summed E-state index contributed by atoms with van der Waals surface area (Å²) in [5.74, 6) is 0.239. The van der Waals surface area contributed by atoms with E-state index in [0.717, 1.165) is 39.1 Å². The zero-order valence-electron chi connectivity index (χ0n) is 12.6. The van der Waals surface area contributed by atoms with Gasteiger partial charge in [-0.05, 0) is 32.5 Å². The number of hydrogen-bond acceptors (Lipinski definition) is 3. The molecular formula is C16H25N3O. The molecule has 0 aromatic heterocycles. The fraction of sp³-hybridized carbons (Fsp3) is 0.562. The van der Waals surface area contributed by atoms with Gasteiger partial charge in [-0.25, -0.2) is 0 Å². The Labute approximate surface area is 121 Å². The third-order valence-corrected chi connectivity index (χ3v) is 3.67. The average molecular weight is 275 g/mol. The van der Waals surface area contributed by atoms with Gasteiger partial charge >= 0.3 is 0 Å². The maximum atomic E-state index is 12.3. The first-order chi connectivity index (χ1) is 9.65. The maximum Gasteiger partial charge on any atom is 0.236 e. The third-order valence-electron chi connectivity index (χ3n) is 3.67. The van der Waals surface area contributed by atoms with Gasteiger partial charge in [0.05, 0.1) is 6.54 Å². The van der Waals surface area contributed by atoms with Crippen molar-refractivity contribution < 1.29 is 4.79 Å². The predicted molar refractivity (Wildman–Crippen MR) is 81.6 cm³/mol. The van der Waals surface area contributed by atoms with Gasteiger partial charge in [-0.15, -0.1) is 0 Å². The number of benzene rings is 1. The van der Waals surface area contributed by atoms with E-state index in [1.54, 1.807) is 0 Å². The maximum absolute atomic E-state index is 12.3. The molecule has 0 atom stereocenters. The second-order valence-corrected chi connectivity index (χ2v) is 5.64. The first-order valence-electron chi connectivity index (χ1n) is 7.38. The van der Waals surface area contributed by atoms with Crippen LogP contribution in [0.15, 0.2) is 24.3 Å². The Morgan fingerprint density at radius 3 is 2.75 bits per heavy atom. The van der Waals surface area contributed by atoms with Gasteiger partial charge in [0.2, 0.25) is 5.91 Å². The lowest BCUT2D eigenvalue weighted by Crippen LogP contribution is -2.40. The standard InChI is InChI=1S/C16H25N3O/c1-14-4-6-15(7-5-14)12-18(2)13-16(20)19-10-3-8-17-9-11-19/h4-7,17H,3,8-13H2,1-2H3. The smallest absolute Gasteiger partial charge is 0.236 e. The summed E-state index contributed by atoms with van der Waals surface area (Å²) >= 11 is 0. The van der Waals surface area contributed by atoms with Crippen molar-refractivity contribution in [3.05, 3.63) is 35.4 Å². The van der Waals surface area contributed by atoms with Crippen LogP contribution in [0.4, 0.5) is 0 Å². The van der Waals surface area contributed by atoms with Gasteiger partial charge in [0.1, 0.15) is 0 Å². The van der Waals surface area contributed by atoms with Crippen molar-refractivity contribution >= 4 is 5.91 Å². The summed E-state index contributed by atoms with van der Waals surface area (Å²) in [6.45, 7) is 7.04. The van der Waals surface area contributed by atoms with E-state index in [1.165, 1.54) is 11.1 Å². The van der Waals surface area contributed by atoms with Gasteiger partial charge in [-0.2, -0.15) is 0 Å². The predicted octanol–water partition coefficient (Wildman–Crippen LogP) is 1.25. The number of amides is 1. The molecule has 110 valence electrons. The summed E-state index contributed by atoms with van der Waals surface area (Å²) in [6, 6.07) is 8.50. The van der Waals surface area contributed by atoms with Crippen LogP contribution in [0.2, 0.25) is 0 Å². The highest BCUT2D eigenvalue weighted by molar-refractivity contribution is 5.78. The van der Waals surface area contributed by atoms with E-state index in [0.29, 0.717) is 6.54 Å². The molecule has 0 unspecified atom stereocenters. The molecule has 1 aliphatic heterocycles. The fourth-order valence-corrected chi connectivity index (χ4v) is 2.49. The van der Waals surface area contributed by atoms with E-state index in [4.69, 9.17) is 0 Å². The van der Waals surface area contributed by atoms with Crippen molar-refractivity contribution in [1.82, 2.24) is 15.1 Å². The summed E-state index contributed by atoms with van der Waals surface area (Å²) in [5, 5.41) is 3.32. The van der Waals surface area contributed by atoms with Gasteiger partial charge in [0, 0.05) is 26.2 Å². The minimum absolute atomic E-state index is 0.239. The van der Waals surface area contributed by atoms with Crippen LogP contribution in [-0.2, 0) is 11.3 Å². The molecule has 1 aliphatic rings. The second-order valence-electron chi connectivity index (χ2n) is 5.64. The molecule has 4 heteroatoms. The molecule has 1 heterocycles. The highest BCUT2D eigenvalue weighted by Crippen LogP contribution is 2.06. The van der Waals surface area contributed by atoms with E-state index in [2.05, 4.69) is 41.4 Å². The number of rotatable bonds is 4. The SMILES string of the molecule is Cc1ccc(CN(C)CC(=O)N2CCCNCC2)cc1. The highest BCUT2D eigenvalue weighted by Gasteiger charge is 2.16. The van der Waals surface area contributed by atoms with Gasteiger partial charge in [-0.3, -0.25) is 9.69 Å². The fourth-order valence-electron chi connectivity index (χ4n) is 2.49. The summed E-state index contributed by atoms with van der Waals surface area (Å²) in [7, 11) is 2.01. The Morgan fingerprint density at radius 2 is 2.00 bits per heavy atom. The van der Waals surface area contributed by atoms with Crippen LogP contribution < -0.4 is 5.32 Å². The van der Waals surface area contributed by atoms with Crippen molar-refractivity contribution in [2.45, 2.75) is 19.9 Å². The van der Waals surface area contributed by atoms with Crippen molar-refractivity contribution in [1.29, 1.82) is 0 Å². The summed E-state index contributed by atoms with van der Waals surface area (Å²) in [5.41, 5.74) is 2.52. The number of nitrogens with one attached hydrogen (secondary N) is 1. The number of aryl methyl sites for hydroxylation is 1. The lowest BCUT2D eigenvalue weighted by Gasteiger charge is -2.24. The van der Waals surface area contributed by atoms with Crippen molar-refractivity contribution in [3.8, 4) is 0 Å². The second kappa shape index (κ2) is 7.41. The Kier molecular flexibility index (Phi) is 5.56. The minimum atomic E-state index is 0.239. The van der Waals surface area contributed by atoms with Gasteiger partial charge in [0.15, 0.2) is 0 Å². The largest absolute Gasteiger partial charge is 0.340 e. The van der Waals surface area contributed by atoms with E-state index < -0.39 is 0 Å². The topological polar surface area (TPSA) is 35.6 Å². The molecule has 0 bridgehead atoms. The number of carbonyl (C=O) groups is 1. The average Bonchev–Trinajstić information content (AvgIpc) is 2.70. The molecule has 20 heavy (non-hydrogen) atoms. The molecule has 4 nitrogen and oxygen atoms in total. The first-order valence-corrected chi connectivity index (χ1v) is 7.38.